The van der Waals surface area contributed by atoms with Crippen molar-refractivity contribution in [3.05, 3.63) is 64.1 Å². The van der Waals surface area contributed by atoms with Gasteiger partial charge in [-0.05, 0) is 73.4 Å². The predicted molar refractivity (Wildman–Crippen MR) is 104 cm³/mol. The summed E-state index contributed by atoms with van der Waals surface area (Å²) < 4.78 is 16.5. The summed E-state index contributed by atoms with van der Waals surface area (Å²) in [6.45, 7) is 12.3. The molecular weight excluding hydrogens is 309 g/mol. The first-order valence-electron chi connectivity index (χ1n) is 8.92. The van der Waals surface area contributed by atoms with Crippen LogP contribution in [0.15, 0.2) is 30.5 Å². The van der Waals surface area contributed by atoms with Crippen molar-refractivity contribution in [3.63, 3.8) is 0 Å². The largest absolute Gasteiger partial charge is 0.220 e. The second-order valence-electron chi connectivity index (χ2n) is 7.54. The molecule has 0 aliphatic heterocycles. The average molecular weight is 336 g/mol. The minimum absolute atomic E-state index is 0.0950. The van der Waals surface area contributed by atoms with E-state index in [2.05, 4.69) is 56.8 Å². The van der Waals surface area contributed by atoms with E-state index in [0.29, 0.717) is 11.5 Å². The quantitative estimate of drug-likeness (QED) is 0.519. The summed E-state index contributed by atoms with van der Waals surface area (Å²) in [6.07, 6.45) is 2.18. The maximum absolute atomic E-state index is 14.3. The molecule has 25 heavy (non-hydrogen) atoms. The highest BCUT2D eigenvalue weighted by Gasteiger charge is 2.22. The SMILES string of the molecule is Cc1cc(-c2c3ccc(C(C)C)cc3c(C)c[n+]2C)c(C)c(C)c1F. The number of fused-ring (bicyclic) bond motifs is 1. The molecule has 0 saturated heterocycles. The summed E-state index contributed by atoms with van der Waals surface area (Å²) in [5.74, 6) is 0.403. The second-order valence-corrected chi connectivity index (χ2v) is 7.54. The number of halogens is 1. The van der Waals surface area contributed by atoms with Gasteiger partial charge in [0.05, 0.1) is 10.9 Å². The van der Waals surface area contributed by atoms with Crippen LogP contribution in [0.4, 0.5) is 4.39 Å². The summed E-state index contributed by atoms with van der Waals surface area (Å²) in [4.78, 5) is 0. The fourth-order valence-corrected chi connectivity index (χ4v) is 3.70. The Morgan fingerprint density at radius 2 is 1.56 bits per heavy atom. The molecule has 2 heteroatoms. The van der Waals surface area contributed by atoms with Crippen molar-refractivity contribution in [3.8, 4) is 11.3 Å². The summed E-state index contributed by atoms with van der Waals surface area (Å²) in [5, 5.41) is 2.50. The highest BCUT2D eigenvalue weighted by Crippen LogP contribution is 2.34. The highest BCUT2D eigenvalue weighted by atomic mass is 19.1. The lowest BCUT2D eigenvalue weighted by atomic mass is 9.91. The van der Waals surface area contributed by atoms with Crippen LogP contribution in [0.5, 0.6) is 0 Å². The Hall–Kier alpha value is -2.22. The normalized spacial score (nSPS) is 11.6. The van der Waals surface area contributed by atoms with Gasteiger partial charge in [0.2, 0.25) is 5.69 Å². The van der Waals surface area contributed by atoms with E-state index in [1.165, 1.54) is 21.9 Å². The minimum atomic E-state index is -0.0950. The molecule has 2 aromatic carbocycles. The predicted octanol–water partition coefficient (Wildman–Crippen LogP) is 5.83. The molecule has 0 unspecified atom stereocenters. The Bertz CT molecular complexity index is 984. The molecule has 3 rings (SSSR count). The third-order valence-corrected chi connectivity index (χ3v) is 5.39. The summed E-state index contributed by atoms with van der Waals surface area (Å²) >= 11 is 0. The van der Waals surface area contributed by atoms with Crippen molar-refractivity contribution in [2.75, 3.05) is 0 Å². The van der Waals surface area contributed by atoms with E-state index in [0.717, 1.165) is 22.4 Å². The van der Waals surface area contributed by atoms with Crippen LogP contribution < -0.4 is 4.57 Å². The van der Waals surface area contributed by atoms with Gasteiger partial charge in [-0.15, -0.1) is 0 Å². The molecular formula is C23H27FN+. The van der Waals surface area contributed by atoms with Crippen molar-refractivity contribution >= 4 is 10.8 Å². The van der Waals surface area contributed by atoms with E-state index in [1.807, 2.05) is 26.8 Å². The molecule has 3 aromatic rings. The Balaban J connectivity index is 2.42. The summed E-state index contributed by atoms with van der Waals surface area (Å²) in [7, 11) is 2.07. The monoisotopic (exact) mass is 336 g/mol. The van der Waals surface area contributed by atoms with Crippen molar-refractivity contribution in [2.24, 2.45) is 7.05 Å². The number of benzene rings is 2. The van der Waals surface area contributed by atoms with Gasteiger partial charge in [0.25, 0.3) is 0 Å². The zero-order valence-electron chi connectivity index (χ0n) is 16.3. The lowest BCUT2D eigenvalue weighted by Gasteiger charge is -2.15. The Morgan fingerprint density at radius 3 is 2.20 bits per heavy atom. The van der Waals surface area contributed by atoms with Gasteiger partial charge in [0.15, 0.2) is 6.20 Å². The van der Waals surface area contributed by atoms with E-state index in [1.54, 1.807) is 0 Å². The van der Waals surface area contributed by atoms with Crippen molar-refractivity contribution in [1.29, 1.82) is 0 Å². The number of nitrogens with zero attached hydrogens (tertiary/aromatic N) is 1. The number of aryl methyl sites for hydroxylation is 3. The molecule has 0 amide bonds. The van der Waals surface area contributed by atoms with Gasteiger partial charge in [0, 0.05) is 5.56 Å². The molecule has 1 heterocycles. The maximum atomic E-state index is 14.3. The third-order valence-electron chi connectivity index (χ3n) is 5.39. The van der Waals surface area contributed by atoms with E-state index < -0.39 is 0 Å². The molecule has 1 aromatic heterocycles. The molecule has 0 spiro atoms. The zero-order chi connectivity index (χ0) is 18.5. The first kappa shape index (κ1) is 17.6. The third kappa shape index (κ3) is 2.84. The molecule has 1 nitrogen and oxygen atoms in total. The molecule has 0 N–H and O–H groups in total. The van der Waals surface area contributed by atoms with Crippen molar-refractivity contribution in [1.82, 2.24) is 0 Å². The molecule has 0 aliphatic rings. The first-order valence-corrected chi connectivity index (χ1v) is 8.92. The average Bonchev–Trinajstić information content (AvgIpc) is 2.57. The van der Waals surface area contributed by atoms with Gasteiger partial charge in [-0.3, -0.25) is 0 Å². The van der Waals surface area contributed by atoms with Crippen molar-refractivity contribution < 1.29 is 8.96 Å². The van der Waals surface area contributed by atoms with Gasteiger partial charge in [-0.1, -0.05) is 26.0 Å². The lowest BCUT2D eigenvalue weighted by Crippen LogP contribution is -2.32. The minimum Gasteiger partial charge on any atom is -0.206 e. The van der Waals surface area contributed by atoms with Gasteiger partial charge in [0.1, 0.15) is 12.9 Å². The molecule has 0 radical (unpaired) electrons. The Morgan fingerprint density at radius 1 is 0.880 bits per heavy atom. The number of hydrogen-bond donors (Lipinski definition) is 0. The number of aromatic nitrogens is 1. The van der Waals surface area contributed by atoms with E-state index in [-0.39, 0.29) is 5.82 Å². The topological polar surface area (TPSA) is 3.88 Å². The molecule has 0 atom stereocenters. The fourth-order valence-electron chi connectivity index (χ4n) is 3.70. The van der Waals surface area contributed by atoms with E-state index >= 15 is 0 Å². The standard InChI is InChI=1S/C23H27FN/c1-13(2)18-8-9-19-20(11-18)15(4)12-25(7)23(19)21-10-14(3)22(24)17(6)16(21)5/h8-13H,1-7H3/q+1. The number of pyridine rings is 1. The van der Waals surface area contributed by atoms with E-state index in [4.69, 9.17) is 0 Å². The van der Waals surface area contributed by atoms with Crippen LogP contribution in [0.1, 0.15) is 47.6 Å². The Labute approximate surface area is 150 Å². The van der Waals surface area contributed by atoms with Crippen molar-refractivity contribution in [2.45, 2.75) is 47.5 Å². The highest BCUT2D eigenvalue weighted by molar-refractivity contribution is 5.96. The smallest absolute Gasteiger partial charge is 0.206 e. The molecule has 0 saturated carbocycles. The fraction of sp³-hybridized carbons (Fsp3) is 0.348. The maximum Gasteiger partial charge on any atom is 0.220 e. The van der Waals surface area contributed by atoms with Crippen LogP contribution in [0.25, 0.3) is 22.0 Å². The number of hydrogen-bond acceptors (Lipinski definition) is 0. The van der Waals surface area contributed by atoms with Crippen LogP contribution in [0.3, 0.4) is 0 Å². The van der Waals surface area contributed by atoms with Crippen LogP contribution in [0, 0.1) is 33.5 Å². The van der Waals surface area contributed by atoms with Crippen LogP contribution in [-0.2, 0) is 7.05 Å². The zero-order valence-corrected chi connectivity index (χ0v) is 16.3. The van der Waals surface area contributed by atoms with E-state index in [9.17, 15) is 4.39 Å². The summed E-state index contributed by atoms with van der Waals surface area (Å²) in [6, 6.07) is 8.73. The van der Waals surface area contributed by atoms with Gasteiger partial charge >= 0.3 is 0 Å². The van der Waals surface area contributed by atoms with Gasteiger partial charge in [-0.2, -0.15) is 0 Å². The van der Waals surface area contributed by atoms with Crippen LogP contribution in [-0.4, -0.2) is 0 Å². The molecule has 0 fully saturated rings. The van der Waals surface area contributed by atoms with Gasteiger partial charge < -0.3 is 0 Å². The molecule has 0 aliphatic carbocycles. The first-order chi connectivity index (χ1) is 11.7. The second kappa shape index (κ2) is 6.25. The Kier molecular flexibility index (Phi) is 4.40. The van der Waals surface area contributed by atoms with Crippen LogP contribution in [0.2, 0.25) is 0 Å². The van der Waals surface area contributed by atoms with Crippen LogP contribution >= 0.6 is 0 Å². The molecule has 130 valence electrons. The number of rotatable bonds is 2. The lowest BCUT2D eigenvalue weighted by molar-refractivity contribution is -0.659. The molecule has 0 bridgehead atoms. The summed E-state index contributed by atoms with van der Waals surface area (Å²) in [5.41, 5.74) is 7.32. The van der Waals surface area contributed by atoms with Gasteiger partial charge in [-0.25, -0.2) is 8.96 Å².